The molecule has 0 fully saturated rings. The molecular formula is C9H12O3S. The highest BCUT2D eigenvalue weighted by atomic mass is 32.1. The summed E-state index contributed by atoms with van der Waals surface area (Å²) in [5.41, 5.74) is 0.767. The average molecular weight is 200 g/mol. The zero-order valence-corrected chi connectivity index (χ0v) is 8.38. The standard InChI is InChI=1S/C9H12O3S/c1-6(9(11)12-2)8(10)7-3-4-13-5-7/h3-6,8,10H,1-2H3. The Bertz CT molecular complexity index is 268. The van der Waals surface area contributed by atoms with Crippen LogP contribution in [-0.2, 0) is 9.53 Å². The molecule has 0 aliphatic carbocycles. The molecule has 2 atom stereocenters. The summed E-state index contributed by atoms with van der Waals surface area (Å²) in [5, 5.41) is 13.4. The van der Waals surface area contributed by atoms with Gasteiger partial charge in [-0.3, -0.25) is 4.79 Å². The topological polar surface area (TPSA) is 46.5 Å². The van der Waals surface area contributed by atoms with Gasteiger partial charge in [-0.25, -0.2) is 0 Å². The molecule has 0 saturated heterocycles. The quantitative estimate of drug-likeness (QED) is 0.754. The van der Waals surface area contributed by atoms with E-state index in [2.05, 4.69) is 4.74 Å². The number of hydrogen-bond acceptors (Lipinski definition) is 4. The number of ether oxygens (including phenoxy) is 1. The van der Waals surface area contributed by atoms with Gasteiger partial charge in [0.25, 0.3) is 0 Å². The molecule has 0 saturated carbocycles. The minimum absolute atomic E-state index is 0.390. The summed E-state index contributed by atoms with van der Waals surface area (Å²) in [7, 11) is 1.32. The lowest BCUT2D eigenvalue weighted by Crippen LogP contribution is -2.20. The van der Waals surface area contributed by atoms with Crippen molar-refractivity contribution in [2.45, 2.75) is 13.0 Å². The number of esters is 1. The molecule has 1 N–H and O–H groups in total. The average Bonchev–Trinajstić information content (AvgIpc) is 2.67. The molecule has 3 nitrogen and oxygen atoms in total. The van der Waals surface area contributed by atoms with Crippen LogP contribution < -0.4 is 0 Å². The maximum atomic E-state index is 11.1. The van der Waals surface area contributed by atoms with Crippen LogP contribution in [0.5, 0.6) is 0 Å². The molecule has 0 aliphatic heterocycles. The van der Waals surface area contributed by atoms with Gasteiger partial charge in [-0.05, 0) is 29.3 Å². The van der Waals surface area contributed by atoms with Gasteiger partial charge >= 0.3 is 5.97 Å². The second-order valence-corrected chi connectivity index (χ2v) is 3.59. The Morgan fingerprint density at radius 1 is 1.69 bits per heavy atom. The van der Waals surface area contributed by atoms with E-state index in [1.807, 2.05) is 10.8 Å². The Morgan fingerprint density at radius 3 is 2.85 bits per heavy atom. The molecule has 1 heterocycles. The smallest absolute Gasteiger partial charge is 0.311 e. The maximum Gasteiger partial charge on any atom is 0.311 e. The molecule has 1 rings (SSSR count). The van der Waals surface area contributed by atoms with Crippen LogP contribution in [0.3, 0.4) is 0 Å². The van der Waals surface area contributed by atoms with E-state index in [0.717, 1.165) is 5.56 Å². The molecule has 0 aromatic carbocycles. The largest absolute Gasteiger partial charge is 0.469 e. The molecule has 0 bridgehead atoms. The fraction of sp³-hybridized carbons (Fsp3) is 0.444. The third-order valence-corrected chi connectivity index (χ3v) is 2.63. The van der Waals surface area contributed by atoms with Crippen molar-refractivity contribution in [3.63, 3.8) is 0 Å². The highest BCUT2D eigenvalue weighted by Crippen LogP contribution is 2.24. The Balaban J connectivity index is 2.68. The van der Waals surface area contributed by atoms with E-state index in [1.54, 1.807) is 13.0 Å². The number of thiophene rings is 1. The van der Waals surface area contributed by atoms with Crippen molar-refractivity contribution in [1.82, 2.24) is 0 Å². The molecule has 0 aliphatic rings. The lowest BCUT2D eigenvalue weighted by Gasteiger charge is -2.14. The molecule has 1 aromatic heterocycles. The van der Waals surface area contributed by atoms with Crippen LogP contribution in [0, 0.1) is 5.92 Å². The van der Waals surface area contributed by atoms with Gasteiger partial charge in [-0.15, -0.1) is 0 Å². The summed E-state index contributed by atoms with van der Waals surface area (Å²) in [6.45, 7) is 1.65. The summed E-state index contributed by atoms with van der Waals surface area (Å²) < 4.78 is 4.54. The van der Waals surface area contributed by atoms with E-state index in [9.17, 15) is 9.90 Å². The fourth-order valence-electron chi connectivity index (χ4n) is 1.05. The third kappa shape index (κ3) is 2.29. The summed E-state index contributed by atoms with van der Waals surface area (Å²) >= 11 is 1.49. The zero-order chi connectivity index (χ0) is 9.84. The molecule has 2 unspecified atom stereocenters. The number of carbonyl (C=O) groups excluding carboxylic acids is 1. The van der Waals surface area contributed by atoms with Gasteiger partial charge in [0.15, 0.2) is 0 Å². The number of methoxy groups -OCH3 is 1. The third-order valence-electron chi connectivity index (χ3n) is 1.93. The first-order chi connectivity index (χ1) is 6.16. The highest BCUT2D eigenvalue weighted by Gasteiger charge is 2.24. The molecule has 4 heteroatoms. The van der Waals surface area contributed by atoms with Gasteiger partial charge in [0.1, 0.15) is 0 Å². The molecule has 1 aromatic rings. The Hall–Kier alpha value is -0.870. The number of aliphatic hydroxyl groups excluding tert-OH is 1. The van der Waals surface area contributed by atoms with Gasteiger partial charge in [-0.2, -0.15) is 11.3 Å². The van der Waals surface area contributed by atoms with Crippen LogP contribution in [0.1, 0.15) is 18.6 Å². The number of aliphatic hydroxyl groups is 1. The number of carbonyl (C=O) groups is 1. The van der Waals surface area contributed by atoms with E-state index < -0.39 is 18.0 Å². The second kappa shape index (κ2) is 4.39. The Labute approximate surface area is 81.0 Å². The summed E-state index contributed by atoms with van der Waals surface area (Å²) in [6, 6.07) is 1.80. The lowest BCUT2D eigenvalue weighted by atomic mass is 10.0. The van der Waals surface area contributed by atoms with Crippen molar-refractivity contribution >= 4 is 17.3 Å². The minimum Gasteiger partial charge on any atom is -0.469 e. The molecule has 13 heavy (non-hydrogen) atoms. The number of rotatable bonds is 3. The predicted molar refractivity (Wildman–Crippen MR) is 50.5 cm³/mol. The second-order valence-electron chi connectivity index (χ2n) is 2.81. The normalized spacial score (nSPS) is 15.0. The zero-order valence-electron chi connectivity index (χ0n) is 7.56. The van der Waals surface area contributed by atoms with Crippen molar-refractivity contribution < 1.29 is 14.6 Å². The van der Waals surface area contributed by atoms with Gasteiger partial charge in [0.2, 0.25) is 0 Å². The molecule has 0 spiro atoms. The molecule has 0 amide bonds. The van der Waals surface area contributed by atoms with Crippen LogP contribution >= 0.6 is 11.3 Å². The Morgan fingerprint density at radius 2 is 2.38 bits per heavy atom. The molecular weight excluding hydrogens is 188 g/mol. The van der Waals surface area contributed by atoms with Gasteiger partial charge in [0, 0.05) is 0 Å². The van der Waals surface area contributed by atoms with E-state index in [1.165, 1.54) is 18.4 Å². The van der Waals surface area contributed by atoms with Gasteiger partial charge < -0.3 is 9.84 Å². The SMILES string of the molecule is COC(=O)C(C)C(O)c1ccsc1. The predicted octanol–water partition coefficient (Wildman–Crippen LogP) is 1.59. The monoisotopic (exact) mass is 200 g/mol. The van der Waals surface area contributed by atoms with Crippen molar-refractivity contribution in [1.29, 1.82) is 0 Å². The van der Waals surface area contributed by atoms with Crippen LogP contribution in [0.25, 0.3) is 0 Å². The first-order valence-electron chi connectivity index (χ1n) is 3.94. The number of hydrogen-bond donors (Lipinski definition) is 1. The van der Waals surface area contributed by atoms with Crippen LogP contribution in [0.4, 0.5) is 0 Å². The fourth-order valence-corrected chi connectivity index (χ4v) is 1.74. The van der Waals surface area contributed by atoms with Gasteiger partial charge in [0.05, 0.1) is 19.1 Å². The first-order valence-corrected chi connectivity index (χ1v) is 4.89. The maximum absolute atomic E-state index is 11.1. The van der Waals surface area contributed by atoms with E-state index in [4.69, 9.17) is 0 Å². The van der Waals surface area contributed by atoms with E-state index in [-0.39, 0.29) is 0 Å². The van der Waals surface area contributed by atoms with Gasteiger partial charge in [-0.1, -0.05) is 0 Å². The summed E-state index contributed by atoms with van der Waals surface area (Å²) in [6.07, 6.45) is -0.765. The van der Waals surface area contributed by atoms with Crippen LogP contribution in [0.2, 0.25) is 0 Å². The van der Waals surface area contributed by atoms with E-state index >= 15 is 0 Å². The van der Waals surface area contributed by atoms with Crippen LogP contribution in [-0.4, -0.2) is 18.2 Å². The van der Waals surface area contributed by atoms with Crippen LogP contribution in [0.15, 0.2) is 16.8 Å². The van der Waals surface area contributed by atoms with Crippen molar-refractivity contribution in [3.05, 3.63) is 22.4 Å². The van der Waals surface area contributed by atoms with Crippen molar-refractivity contribution in [3.8, 4) is 0 Å². The minimum atomic E-state index is -0.765. The molecule has 72 valence electrons. The Kier molecular flexibility index (Phi) is 3.45. The summed E-state index contributed by atoms with van der Waals surface area (Å²) in [4.78, 5) is 11.1. The summed E-state index contributed by atoms with van der Waals surface area (Å²) in [5.74, 6) is -0.904. The molecule has 0 radical (unpaired) electrons. The van der Waals surface area contributed by atoms with E-state index in [0.29, 0.717) is 0 Å². The van der Waals surface area contributed by atoms with Crippen molar-refractivity contribution in [2.75, 3.05) is 7.11 Å². The van der Waals surface area contributed by atoms with Crippen molar-refractivity contribution in [2.24, 2.45) is 5.92 Å². The highest BCUT2D eigenvalue weighted by molar-refractivity contribution is 7.07. The first kappa shape index (κ1) is 10.2. The lowest BCUT2D eigenvalue weighted by molar-refractivity contribution is -0.148.